The largest absolute Gasteiger partial charge is 0.371 e. The molecular formula is C18H24N2S. The molecule has 1 aromatic carbocycles. The van der Waals surface area contributed by atoms with Crippen molar-refractivity contribution >= 4 is 17.0 Å². The first-order chi connectivity index (χ1) is 10.2. The number of anilines is 1. The van der Waals surface area contributed by atoms with Gasteiger partial charge in [0.2, 0.25) is 0 Å². The van der Waals surface area contributed by atoms with E-state index in [2.05, 4.69) is 60.5 Å². The van der Waals surface area contributed by atoms with Crippen LogP contribution in [0.5, 0.6) is 0 Å². The van der Waals surface area contributed by atoms with Gasteiger partial charge in [0.05, 0.1) is 0 Å². The summed E-state index contributed by atoms with van der Waals surface area (Å²) in [5.41, 5.74) is 2.83. The normalized spacial score (nSPS) is 16.4. The Kier molecular flexibility index (Phi) is 4.61. The zero-order chi connectivity index (χ0) is 14.7. The number of nitrogens with one attached hydrogen (secondary N) is 1. The second kappa shape index (κ2) is 6.63. The average molecular weight is 300 g/mol. The van der Waals surface area contributed by atoms with Gasteiger partial charge in [-0.25, -0.2) is 0 Å². The van der Waals surface area contributed by atoms with Crippen molar-refractivity contribution in [3.8, 4) is 0 Å². The summed E-state index contributed by atoms with van der Waals surface area (Å²) in [5.74, 6) is 0. The molecule has 1 aliphatic heterocycles. The Morgan fingerprint density at radius 2 is 1.90 bits per heavy atom. The number of hydrogen-bond acceptors (Lipinski definition) is 3. The average Bonchev–Trinajstić information content (AvgIpc) is 3.16. The Morgan fingerprint density at radius 1 is 1.14 bits per heavy atom. The van der Waals surface area contributed by atoms with Crippen LogP contribution in [0.15, 0.2) is 36.4 Å². The smallest absolute Gasteiger partial charge is 0.0411 e. The fourth-order valence-electron chi connectivity index (χ4n) is 2.98. The van der Waals surface area contributed by atoms with Crippen molar-refractivity contribution in [2.75, 3.05) is 18.0 Å². The molecule has 1 N–H and O–H groups in total. The summed E-state index contributed by atoms with van der Waals surface area (Å²) < 4.78 is 0. The minimum atomic E-state index is 0.412. The van der Waals surface area contributed by atoms with Crippen LogP contribution in [0, 0.1) is 6.92 Å². The van der Waals surface area contributed by atoms with E-state index in [1.165, 1.54) is 46.9 Å². The van der Waals surface area contributed by atoms with Crippen molar-refractivity contribution in [3.63, 3.8) is 0 Å². The molecular weight excluding hydrogens is 276 g/mol. The SMILES string of the molecule is Cc1ccc(C(C)NCc2ccccc2N2CCCC2)s1. The Labute approximate surface area is 131 Å². The molecule has 0 radical (unpaired) electrons. The maximum atomic E-state index is 3.68. The second-order valence-electron chi connectivity index (χ2n) is 5.87. The highest BCUT2D eigenvalue weighted by Crippen LogP contribution is 2.26. The maximum absolute atomic E-state index is 3.68. The molecule has 1 saturated heterocycles. The molecule has 3 heteroatoms. The lowest BCUT2D eigenvalue weighted by atomic mass is 10.1. The van der Waals surface area contributed by atoms with E-state index in [-0.39, 0.29) is 0 Å². The Morgan fingerprint density at radius 3 is 2.62 bits per heavy atom. The van der Waals surface area contributed by atoms with E-state index in [0.29, 0.717) is 6.04 Å². The molecule has 0 amide bonds. The number of rotatable bonds is 5. The minimum Gasteiger partial charge on any atom is -0.371 e. The standard InChI is InChI=1S/C18H24N2S/c1-14-9-10-18(21-14)15(2)19-13-16-7-3-4-8-17(16)20-11-5-6-12-20/h3-4,7-10,15,19H,5-6,11-13H2,1-2H3. The fourth-order valence-corrected chi connectivity index (χ4v) is 3.88. The van der Waals surface area contributed by atoms with Crippen LogP contribution in [-0.4, -0.2) is 13.1 Å². The molecule has 2 aromatic rings. The Bertz CT molecular complexity index is 584. The first-order valence-electron chi connectivity index (χ1n) is 7.86. The molecule has 0 aliphatic carbocycles. The van der Waals surface area contributed by atoms with Crippen LogP contribution in [0.25, 0.3) is 0 Å². The third kappa shape index (κ3) is 3.47. The molecule has 1 fully saturated rings. The van der Waals surface area contributed by atoms with Gasteiger partial charge < -0.3 is 10.2 Å². The van der Waals surface area contributed by atoms with Crippen molar-refractivity contribution in [2.24, 2.45) is 0 Å². The van der Waals surface area contributed by atoms with Crippen molar-refractivity contribution < 1.29 is 0 Å². The van der Waals surface area contributed by atoms with E-state index in [0.717, 1.165) is 6.54 Å². The highest BCUT2D eigenvalue weighted by molar-refractivity contribution is 7.12. The third-order valence-corrected chi connectivity index (χ3v) is 5.41. The van der Waals surface area contributed by atoms with E-state index in [1.807, 2.05) is 11.3 Å². The van der Waals surface area contributed by atoms with E-state index >= 15 is 0 Å². The van der Waals surface area contributed by atoms with Crippen molar-refractivity contribution in [1.82, 2.24) is 5.32 Å². The number of benzene rings is 1. The van der Waals surface area contributed by atoms with Gasteiger partial charge in [-0.2, -0.15) is 0 Å². The summed E-state index contributed by atoms with van der Waals surface area (Å²) in [6, 6.07) is 13.7. The maximum Gasteiger partial charge on any atom is 0.0411 e. The van der Waals surface area contributed by atoms with Crippen LogP contribution in [-0.2, 0) is 6.54 Å². The molecule has 3 rings (SSSR count). The Hall–Kier alpha value is -1.32. The number of aryl methyl sites for hydroxylation is 1. The van der Waals surface area contributed by atoms with Crippen LogP contribution in [0.1, 0.15) is 41.1 Å². The molecule has 1 atom stereocenters. The first-order valence-corrected chi connectivity index (χ1v) is 8.68. The van der Waals surface area contributed by atoms with Gasteiger partial charge in [-0.3, -0.25) is 0 Å². The highest BCUT2D eigenvalue weighted by atomic mass is 32.1. The highest BCUT2D eigenvalue weighted by Gasteiger charge is 2.15. The summed E-state index contributed by atoms with van der Waals surface area (Å²) in [7, 11) is 0. The van der Waals surface area contributed by atoms with Gasteiger partial charge in [0.15, 0.2) is 0 Å². The number of nitrogens with zero attached hydrogens (tertiary/aromatic N) is 1. The summed E-state index contributed by atoms with van der Waals surface area (Å²) in [6.45, 7) is 7.77. The lowest BCUT2D eigenvalue weighted by Crippen LogP contribution is -2.22. The predicted molar refractivity (Wildman–Crippen MR) is 92.2 cm³/mol. The van der Waals surface area contributed by atoms with Crippen molar-refractivity contribution in [1.29, 1.82) is 0 Å². The quantitative estimate of drug-likeness (QED) is 0.874. The van der Waals surface area contributed by atoms with Gasteiger partial charge >= 0.3 is 0 Å². The van der Waals surface area contributed by atoms with Gasteiger partial charge in [-0.05, 0) is 50.5 Å². The molecule has 1 aliphatic rings. The summed E-state index contributed by atoms with van der Waals surface area (Å²) in [5, 5.41) is 3.68. The van der Waals surface area contributed by atoms with E-state index in [1.54, 1.807) is 0 Å². The number of hydrogen-bond donors (Lipinski definition) is 1. The molecule has 2 nitrogen and oxygen atoms in total. The van der Waals surface area contributed by atoms with Gasteiger partial charge in [0, 0.05) is 41.1 Å². The van der Waals surface area contributed by atoms with Crippen molar-refractivity contribution in [2.45, 2.75) is 39.3 Å². The number of thiophene rings is 1. The summed E-state index contributed by atoms with van der Waals surface area (Å²) in [4.78, 5) is 5.33. The minimum absolute atomic E-state index is 0.412. The topological polar surface area (TPSA) is 15.3 Å². The van der Waals surface area contributed by atoms with E-state index in [4.69, 9.17) is 0 Å². The van der Waals surface area contributed by atoms with Crippen LogP contribution in [0.4, 0.5) is 5.69 Å². The third-order valence-electron chi connectivity index (χ3n) is 4.22. The monoisotopic (exact) mass is 300 g/mol. The lowest BCUT2D eigenvalue weighted by Gasteiger charge is -2.22. The zero-order valence-corrected chi connectivity index (χ0v) is 13.7. The van der Waals surface area contributed by atoms with Crippen LogP contribution < -0.4 is 10.2 Å². The summed E-state index contributed by atoms with van der Waals surface area (Å²) in [6.07, 6.45) is 2.65. The predicted octanol–water partition coefficient (Wildman–Crippen LogP) is 4.51. The van der Waals surface area contributed by atoms with Crippen LogP contribution in [0.3, 0.4) is 0 Å². The number of para-hydroxylation sites is 1. The van der Waals surface area contributed by atoms with Gasteiger partial charge in [0.25, 0.3) is 0 Å². The fraction of sp³-hybridized carbons (Fsp3) is 0.444. The van der Waals surface area contributed by atoms with E-state index < -0.39 is 0 Å². The van der Waals surface area contributed by atoms with Crippen molar-refractivity contribution in [3.05, 3.63) is 51.7 Å². The molecule has 112 valence electrons. The van der Waals surface area contributed by atoms with Gasteiger partial charge in [-0.15, -0.1) is 11.3 Å². The zero-order valence-electron chi connectivity index (χ0n) is 12.9. The van der Waals surface area contributed by atoms with Crippen LogP contribution in [0.2, 0.25) is 0 Å². The lowest BCUT2D eigenvalue weighted by molar-refractivity contribution is 0.582. The molecule has 0 saturated carbocycles. The van der Waals surface area contributed by atoms with Crippen LogP contribution >= 0.6 is 11.3 Å². The Balaban J connectivity index is 1.67. The molecule has 21 heavy (non-hydrogen) atoms. The van der Waals surface area contributed by atoms with Gasteiger partial charge in [0.1, 0.15) is 0 Å². The molecule has 1 unspecified atom stereocenters. The molecule has 0 bridgehead atoms. The molecule has 2 heterocycles. The first kappa shape index (κ1) is 14.6. The summed E-state index contributed by atoms with van der Waals surface area (Å²) >= 11 is 1.89. The van der Waals surface area contributed by atoms with Gasteiger partial charge in [-0.1, -0.05) is 18.2 Å². The molecule has 0 spiro atoms. The van der Waals surface area contributed by atoms with E-state index in [9.17, 15) is 0 Å². The molecule has 1 aromatic heterocycles. The second-order valence-corrected chi connectivity index (χ2v) is 7.19.